The van der Waals surface area contributed by atoms with E-state index in [0.717, 1.165) is 43.5 Å². The molecule has 0 atom stereocenters. The van der Waals surface area contributed by atoms with Crippen LogP contribution in [-0.4, -0.2) is 53.4 Å². The zero-order chi connectivity index (χ0) is 20.2. The van der Waals surface area contributed by atoms with Gasteiger partial charge in [0.2, 0.25) is 0 Å². The fourth-order valence-corrected chi connectivity index (χ4v) is 3.82. The largest absolute Gasteiger partial charge is 0.345 e. The van der Waals surface area contributed by atoms with Crippen LogP contribution in [0.1, 0.15) is 33.6 Å². The second-order valence-electron chi connectivity index (χ2n) is 7.46. The number of amides is 2. The van der Waals surface area contributed by atoms with Crippen LogP contribution in [0.15, 0.2) is 48.8 Å². The van der Waals surface area contributed by atoms with Gasteiger partial charge in [-0.05, 0) is 68.8 Å². The molecule has 1 aliphatic rings. The number of carbonyl (C=O) groups is 2. The Morgan fingerprint density at radius 1 is 1.14 bits per heavy atom. The number of nitrogens with one attached hydrogen (secondary N) is 3. The second kappa shape index (κ2) is 8.45. The predicted octanol–water partition coefficient (Wildman–Crippen LogP) is 2.89. The molecule has 0 radical (unpaired) electrons. The molecular weight excluding hydrogens is 366 g/mol. The zero-order valence-corrected chi connectivity index (χ0v) is 16.4. The van der Waals surface area contributed by atoms with Gasteiger partial charge in [-0.1, -0.05) is 6.07 Å². The molecule has 1 fully saturated rings. The number of piperidine rings is 1. The molecule has 4 rings (SSSR count). The number of aromatic amines is 1. The fraction of sp³-hybridized carbons (Fsp3) is 0.318. The molecular formula is C22H25N5O2. The second-order valence-corrected chi connectivity index (χ2v) is 7.46. The molecule has 29 heavy (non-hydrogen) atoms. The quantitative estimate of drug-likeness (QED) is 0.624. The first-order valence-corrected chi connectivity index (χ1v) is 9.92. The number of fused-ring (bicyclic) bond motifs is 1. The maximum absolute atomic E-state index is 12.9. The van der Waals surface area contributed by atoms with Crippen LogP contribution in [0.25, 0.3) is 11.0 Å². The minimum absolute atomic E-state index is 0.0166. The van der Waals surface area contributed by atoms with Gasteiger partial charge in [-0.25, -0.2) is 4.98 Å². The van der Waals surface area contributed by atoms with Gasteiger partial charge in [-0.15, -0.1) is 0 Å². The van der Waals surface area contributed by atoms with Crippen molar-refractivity contribution in [3.8, 4) is 0 Å². The molecule has 2 heterocycles. The lowest BCUT2D eigenvalue weighted by Gasteiger charge is -2.32. The number of benzene rings is 2. The minimum atomic E-state index is -0.223. The van der Waals surface area contributed by atoms with E-state index in [4.69, 9.17) is 0 Å². The van der Waals surface area contributed by atoms with E-state index in [-0.39, 0.29) is 11.8 Å². The van der Waals surface area contributed by atoms with E-state index in [9.17, 15) is 9.59 Å². The highest BCUT2D eigenvalue weighted by atomic mass is 16.2. The Hall–Kier alpha value is -3.19. The Bertz CT molecular complexity index is 1020. The molecule has 1 saturated heterocycles. The van der Waals surface area contributed by atoms with Crippen LogP contribution < -0.4 is 10.6 Å². The van der Waals surface area contributed by atoms with E-state index in [1.54, 1.807) is 48.8 Å². The van der Waals surface area contributed by atoms with E-state index in [2.05, 4.69) is 20.6 Å². The lowest BCUT2D eigenvalue weighted by Crippen LogP contribution is -2.40. The number of anilines is 1. The number of H-pyrrole nitrogens is 1. The smallest absolute Gasteiger partial charge is 0.255 e. The zero-order valence-electron chi connectivity index (χ0n) is 16.4. The third kappa shape index (κ3) is 4.30. The van der Waals surface area contributed by atoms with Crippen molar-refractivity contribution in [2.45, 2.75) is 12.8 Å². The molecule has 0 unspecified atom stereocenters. The molecule has 7 heteroatoms. The summed E-state index contributed by atoms with van der Waals surface area (Å²) in [6.07, 6.45) is 3.63. The summed E-state index contributed by atoms with van der Waals surface area (Å²) < 4.78 is 0. The number of imidazole rings is 1. The van der Waals surface area contributed by atoms with Crippen LogP contribution >= 0.6 is 0 Å². The number of rotatable bonds is 5. The first kappa shape index (κ1) is 19.1. The first-order valence-electron chi connectivity index (χ1n) is 9.92. The van der Waals surface area contributed by atoms with Gasteiger partial charge in [0.1, 0.15) is 0 Å². The lowest BCUT2D eigenvalue weighted by molar-refractivity contribution is 0.0690. The normalized spacial score (nSPS) is 14.9. The molecule has 0 saturated carbocycles. The summed E-state index contributed by atoms with van der Waals surface area (Å²) in [5.74, 6) is 0.420. The number of carbonyl (C=O) groups excluding carboxylic acids is 2. The third-order valence-corrected chi connectivity index (χ3v) is 5.44. The van der Waals surface area contributed by atoms with Crippen LogP contribution in [0.3, 0.4) is 0 Å². The molecule has 1 aliphatic heterocycles. The van der Waals surface area contributed by atoms with Crippen molar-refractivity contribution < 1.29 is 9.59 Å². The highest BCUT2D eigenvalue weighted by Gasteiger charge is 2.23. The van der Waals surface area contributed by atoms with Gasteiger partial charge in [-0.2, -0.15) is 0 Å². The van der Waals surface area contributed by atoms with Crippen LogP contribution in [0, 0.1) is 5.92 Å². The van der Waals surface area contributed by atoms with Gasteiger partial charge in [0.05, 0.1) is 17.4 Å². The topological polar surface area (TPSA) is 90.1 Å². The molecule has 7 nitrogen and oxygen atoms in total. The summed E-state index contributed by atoms with van der Waals surface area (Å²) >= 11 is 0. The number of aromatic nitrogens is 2. The molecule has 0 aliphatic carbocycles. The summed E-state index contributed by atoms with van der Waals surface area (Å²) in [5, 5.41) is 6.10. The Labute approximate surface area is 169 Å². The van der Waals surface area contributed by atoms with Crippen LogP contribution in [-0.2, 0) is 0 Å². The van der Waals surface area contributed by atoms with Crippen molar-refractivity contribution in [1.82, 2.24) is 20.2 Å². The number of nitrogens with zero attached hydrogens (tertiary/aromatic N) is 2. The standard InChI is InChI=1S/C22H25N5O2/c1-23-13-15-7-9-27(10-8-15)22(29)17-3-2-4-18(11-17)26-21(28)16-5-6-19-20(12-16)25-14-24-19/h2-6,11-12,14-15,23H,7-10,13H2,1H3,(H,24,25)(H,26,28). The highest BCUT2D eigenvalue weighted by molar-refractivity contribution is 6.06. The summed E-state index contributed by atoms with van der Waals surface area (Å²) in [4.78, 5) is 34.6. The Balaban J connectivity index is 1.43. The van der Waals surface area contributed by atoms with Crippen molar-refractivity contribution in [2.75, 3.05) is 32.0 Å². The predicted molar refractivity (Wildman–Crippen MR) is 113 cm³/mol. The maximum atomic E-state index is 12.9. The van der Waals surface area contributed by atoms with E-state index in [1.165, 1.54) is 0 Å². The monoisotopic (exact) mass is 391 g/mol. The lowest BCUT2D eigenvalue weighted by atomic mass is 9.96. The van der Waals surface area contributed by atoms with Gasteiger partial charge < -0.3 is 20.5 Å². The maximum Gasteiger partial charge on any atom is 0.255 e. The molecule has 3 N–H and O–H groups in total. The molecule has 0 bridgehead atoms. The SMILES string of the molecule is CNCC1CCN(C(=O)c2cccc(NC(=O)c3ccc4nc[nH]c4c3)c2)CC1. The molecule has 1 aromatic heterocycles. The van der Waals surface area contributed by atoms with Gasteiger partial charge >= 0.3 is 0 Å². The Kier molecular flexibility index (Phi) is 5.57. The van der Waals surface area contributed by atoms with Gasteiger partial charge in [0.15, 0.2) is 0 Å². The highest BCUT2D eigenvalue weighted by Crippen LogP contribution is 2.20. The summed E-state index contributed by atoms with van der Waals surface area (Å²) in [6.45, 7) is 2.53. The van der Waals surface area contributed by atoms with Gasteiger partial charge in [0.25, 0.3) is 11.8 Å². The molecule has 2 amide bonds. The molecule has 150 valence electrons. The van der Waals surface area contributed by atoms with E-state index >= 15 is 0 Å². The molecule has 0 spiro atoms. The molecule has 2 aromatic carbocycles. The average molecular weight is 391 g/mol. The summed E-state index contributed by atoms with van der Waals surface area (Å²) in [7, 11) is 1.96. The van der Waals surface area contributed by atoms with Crippen molar-refractivity contribution in [3.63, 3.8) is 0 Å². The van der Waals surface area contributed by atoms with Crippen molar-refractivity contribution in [1.29, 1.82) is 0 Å². The van der Waals surface area contributed by atoms with Crippen molar-refractivity contribution in [2.24, 2.45) is 5.92 Å². The van der Waals surface area contributed by atoms with Crippen LogP contribution in [0.4, 0.5) is 5.69 Å². The van der Waals surface area contributed by atoms with Crippen LogP contribution in [0.5, 0.6) is 0 Å². The average Bonchev–Trinajstić information content (AvgIpc) is 3.22. The van der Waals surface area contributed by atoms with E-state index in [1.807, 2.05) is 11.9 Å². The van der Waals surface area contributed by atoms with Gasteiger partial charge in [-0.3, -0.25) is 9.59 Å². The number of hydrogen-bond donors (Lipinski definition) is 3. The minimum Gasteiger partial charge on any atom is -0.345 e. The van der Waals surface area contributed by atoms with Crippen molar-refractivity contribution in [3.05, 3.63) is 59.9 Å². The summed E-state index contributed by atoms with van der Waals surface area (Å²) in [5.41, 5.74) is 3.36. The van der Waals surface area contributed by atoms with Gasteiger partial charge in [0, 0.05) is 29.9 Å². The van der Waals surface area contributed by atoms with E-state index in [0.29, 0.717) is 22.7 Å². The third-order valence-electron chi connectivity index (χ3n) is 5.44. The first-order chi connectivity index (χ1) is 14.1. The van der Waals surface area contributed by atoms with E-state index < -0.39 is 0 Å². The Morgan fingerprint density at radius 2 is 1.97 bits per heavy atom. The summed E-state index contributed by atoms with van der Waals surface area (Å²) in [6, 6.07) is 12.4. The number of hydrogen-bond acceptors (Lipinski definition) is 4. The number of likely N-dealkylation sites (tertiary alicyclic amines) is 1. The van der Waals surface area contributed by atoms with Crippen molar-refractivity contribution >= 4 is 28.5 Å². The van der Waals surface area contributed by atoms with Crippen LogP contribution in [0.2, 0.25) is 0 Å². The Morgan fingerprint density at radius 3 is 2.76 bits per heavy atom. The molecule has 3 aromatic rings. The fourth-order valence-electron chi connectivity index (χ4n) is 3.82.